The van der Waals surface area contributed by atoms with E-state index >= 15 is 0 Å². The van der Waals surface area contributed by atoms with Gasteiger partial charge >= 0.3 is 0 Å². The molecule has 0 saturated heterocycles. The molecule has 40 heavy (non-hydrogen) atoms. The average Bonchev–Trinajstić information content (AvgIpc) is 3.37. The minimum absolute atomic E-state index is 0.0722. The van der Waals surface area contributed by atoms with Crippen LogP contribution in [0.15, 0.2) is 133 Å². The first-order valence-corrected chi connectivity index (χ1v) is 14.0. The van der Waals surface area contributed by atoms with Crippen molar-refractivity contribution in [1.82, 2.24) is 0 Å². The van der Waals surface area contributed by atoms with Gasteiger partial charge in [0.05, 0.1) is 5.41 Å². The smallest absolute Gasteiger partial charge is 0.124 e. The van der Waals surface area contributed by atoms with Crippen molar-refractivity contribution >= 4 is 0 Å². The zero-order valence-corrected chi connectivity index (χ0v) is 23.0. The molecule has 6 rings (SSSR count). The van der Waals surface area contributed by atoms with Crippen LogP contribution in [0.4, 0.5) is 0 Å². The molecule has 0 aromatic heterocycles. The third kappa shape index (κ3) is 4.96. The predicted molar refractivity (Wildman–Crippen MR) is 160 cm³/mol. The van der Waals surface area contributed by atoms with Crippen LogP contribution < -0.4 is 14.2 Å². The van der Waals surface area contributed by atoms with Crippen molar-refractivity contribution in [3.8, 4) is 17.2 Å². The molecular formula is C37H34O3. The minimum atomic E-state index is -0.472. The summed E-state index contributed by atoms with van der Waals surface area (Å²) in [5, 5.41) is 0. The molecule has 3 nitrogen and oxygen atoms in total. The van der Waals surface area contributed by atoms with Crippen LogP contribution in [-0.4, -0.2) is 6.10 Å². The summed E-state index contributed by atoms with van der Waals surface area (Å²) in [5.41, 5.74) is 5.37. The van der Waals surface area contributed by atoms with Gasteiger partial charge in [0.25, 0.3) is 0 Å². The molecule has 0 amide bonds. The van der Waals surface area contributed by atoms with E-state index in [-0.39, 0.29) is 12.0 Å². The summed E-state index contributed by atoms with van der Waals surface area (Å²) < 4.78 is 18.9. The molecule has 1 atom stereocenters. The van der Waals surface area contributed by atoms with E-state index in [1.165, 1.54) is 16.7 Å². The predicted octanol–water partition coefficient (Wildman–Crippen LogP) is 8.60. The number of rotatable bonds is 9. The van der Waals surface area contributed by atoms with Gasteiger partial charge in [-0.3, -0.25) is 0 Å². The normalized spacial score (nSPS) is 15.3. The third-order valence-electron chi connectivity index (χ3n) is 7.71. The second kappa shape index (κ2) is 11.3. The van der Waals surface area contributed by atoms with Crippen molar-refractivity contribution < 1.29 is 14.2 Å². The van der Waals surface area contributed by atoms with Crippen molar-refractivity contribution in [1.29, 1.82) is 0 Å². The molecule has 0 aliphatic carbocycles. The van der Waals surface area contributed by atoms with Gasteiger partial charge < -0.3 is 14.2 Å². The average molecular weight is 527 g/mol. The van der Waals surface area contributed by atoms with E-state index in [1.54, 1.807) is 0 Å². The molecule has 1 heterocycles. The van der Waals surface area contributed by atoms with Gasteiger partial charge in [0.15, 0.2) is 0 Å². The molecule has 1 aliphatic rings. The number of benzene rings is 5. The van der Waals surface area contributed by atoms with E-state index in [9.17, 15) is 0 Å². The minimum Gasteiger partial charge on any atom is -0.489 e. The van der Waals surface area contributed by atoms with E-state index < -0.39 is 5.41 Å². The van der Waals surface area contributed by atoms with Crippen molar-refractivity contribution in [3.05, 3.63) is 161 Å². The van der Waals surface area contributed by atoms with Gasteiger partial charge in [-0.25, -0.2) is 0 Å². The quantitative estimate of drug-likeness (QED) is 0.192. The Morgan fingerprint density at radius 2 is 1.02 bits per heavy atom. The highest BCUT2D eigenvalue weighted by atomic mass is 16.5. The van der Waals surface area contributed by atoms with E-state index in [4.69, 9.17) is 14.2 Å². The highest BCUT2D eigenvalue weighted by Gasteiger charge is 2.52. The lowest BCUT2D eigenvalue weighted by molar-refractivity contribution is 0.135. The second-order valence-corrected chi connectivity index (χ2v) is 10.7. The fraction of sp³-hybridized carbons (Fsp3) is 0.189. The van der Waals surface area contributed by atoms with Crippen molar-refractivity contribution in [2.45, 2.75) is 38.6 Å². The van der Waals surface area contributed by atoms with Gasteiger partial charge in [-0.05, 0) is 58.5 Å². The Morgan fingerprint density at radius 3 is 1.50 bits per heavy atom. The van der Waals surface area contributed by atoms with Crippen LogP contribution in [0.1, 0.15) is 41.7 Å². The first kappa shape index (κ1) is 25.8. The van der Waals surface area contributed by atoms with Crippen LogP contribution in [0.3, 0.4) is 0 Å². The highest BCUT2D eigenvalue weighted by molar-refractivity contribution is 5.61. The second-order valence-electron chi connectivity index (χ2n) is 10.7. The Balaban J connectivity index is 1.35. The van der Waals surface area contributed by atoms with E-state index in [0.717, 1.165) is 28.4 Å². The maximum Gasteiger partial charge on any atom is 0.124 e. The van der Waals surface area contributed by atoms with Crippen molar-refractivity contribution in [2.75, 3.05) is 0 Å². The molecule has 1 aliphatic heterocycles. The molecule has 0 radical (unpaired) electrons. The number of hydrogen-bond acceptors (Lipinski definition) is 3. The molecule has 0 bridgehead atoms. The van der Waals surface area contributed by atoms with Crippen LogP contribution >= 0.6 is 0 Å². The fourth-order valence-corrected chi connectivity index (χ4v) is 5.83. The number of hydrogen-bond donors (Lipinski definition) is 0. The summed E-state index contributed by atoms with van der Waals surface area (Å²) in [5.74, 6) is 2.91. The molecule has 0 saturated carbocycles. The molecule has 5 aromatic carbocycles. The monoisotopic (exact) mass is 526 g/mol. The van der Waals surface area contributed by atoms with Crippen LogP contribution in [-0.2, 0) is 18.6 Å². The standard InChI is InChI=1S/C37H34O3/c1-27(2)36-37(34-15-9-10-16-35(34)40-36,30-17-21-32(22-18-30)38-25-28-11-5-3-6-12-28)31-19-23-33(24-20-31)39-26-29-13-7-4-8-14-29/h3-24,27,36H,25-26H2,1-2H3. The first-order valence-electron chi connectivity index (χ1n) is 14.0. The summed E-state index contributed by atoms with van der Waals surface area (Å²) in [7, 11) is 0. The summed E-state index contributed by atoms with van der Waals surface area (Å²) in [6.07, 6.45) is -0.0722. The van der Waals surface area contributed by atoms with Crippen molar-refractivity contribution in [2.24, 2.45) is 5.92 Å². The van der Waals surface area contributed by atoms with E-state index in [0.29, 0.717) is 13.2 Å². The highest BCUT2D eigenvalue weighted by Crippen LogP contribution is 2.54. The van der Waals surface area contributed by atoms with Gasteiger partial charge in [-0.2, -0.15) is 0 Å². The van der Waals surface area contributed by atoms with Gasteiger partial charge in [0.1, 0.15) is 36.6 Å². The Labute approximate surface area is 237 Å². The van der Waals surface area contributed by atoms with Crippen LogP contribution in [0.5, 0.6) is 17.2 Å². The van der Waals surface area contributed by atoms with Crippen LogP contribution in [0.25, 0.3) is 0 Å². The molecule has 0 fully saturated rings. The number of para-hydroxylation sites is 1. The van der Waals surface area contributed by atoms with E-state index in [1.807, 2.05) is 42.5 Å². The summed E-state index contributed by atoms with van der Waals surface area (Å²) in [6, 6.07) is 46.0. The zero-order chi connectivity index (χ0) is 27.4. The maximum absolute atomic E-state index is 6.70. The summed E-state index contributed by atoms with van der Waals surface area (Å²) in [6.45, 7) is 5.55. The first-order chi connectivity index (χ1) is 19.6. The summed E-state index contributed by atoms with van der Waals surface area (Å²) in [4.78, 5) is 0. The molecular weight excluding hydrogens is 492 g/mol. The van der Waals surface area contributed by atoms with Crippen LogP contribution in [0.2, 0.25) is 0 Å². The Bertz CT molecular complexity index is 1440. The van der Waals surface area contributed by atoms with Gasteiger partial charge in [-0.1, -0.05) is 117 Å². The van der Waals surface area contributed by atoms with Crippen molar-refractivity contribution in [3.63, 3.8) is 0 Å². The molecule has 0 spiro atoms. The molecule has 5 aromatic rings. The molecule has 1 unspecified atom stereocenters. The Hall–Kier alpha value is -4.50. The lowest BCUT2D eigenvalue weighted by Gasteiger charge is -2.38. The third-order valence-corrected chi connectivity index (χ3v) is 7.71. The Kier molecular flexibility index (Phi) is 7.29. The van der Waals surface area contributed by atoms with Gasteiger partial charge in [0.2, 0.25) is 0 Å². The molecule has 200 valence electrons. The van der Waals surface area contributed by atoms with Gasteiger partial charge in [0, 0.05) is 5.56 Å². The largest absolute Gasteiger partial charge is 0.489 e. The summed E-state index contributed by atoms with van der Waals surface area (Å²) >= 11 is 0. The van der Waals surface area contributed by atoms with Crippen LogP contribution in [0, 0.1) is 5.92 Å². The SMILES string of the molecule is CC(C)C1Oc2ccccc2C1(c1ccc(OCc2ccccc2)cc1)c1ccc(OCc2ccccc2)cc1. The van der Waals surface area contributed by atoms with E-state index in [2.05, 4.69) is 105 Å². The topological polar surface area (TPSA) is 27.7 Å². The molecule has 0 N–H and O–H groups in total. The zero-order valence-electron chi connectivity index (χ0n) is 23.0. The Morgan fingerprint density at radius 1 is 0.575 bits per heavy atom. The lowest BCUT2D eigenvalue weighted by atomic mass is 9.64. The number of fused-ring (bicyclic) bond motifs is 1. The molecule has 3 heteroatoms. The maximum atomic E-state index is 6.70. The number of ether oxygens (including phenoxy) is 3. The van der Waals surface area contributed by atoms with Gasteiger partial charge in [-0.15, -0.1) is 0 Å². The fourth-order valence-electron chi connectivity index (χ4n) is 5.83. The lowest BCUT2D eigenvalue weighted by Crippen LogP contribution is -2.43.